The molecule has 15 heavy (non-hydrogen) atoms. The molecular weight excluding hydrogens is 214 g/mol. The van der Waals surface area contributed by atoms with E-state index in [4.69, 9.17) is 0 Å². The zero-order valence-electron chi connectivity index (χ0n) is 8.03. The van der Waals surface area contributed by atoms with Gasteiger partial charge in [-0.2, -0.15) is 0 Å². The number of hydrogen-bond acceptors (Lipinski definition) is 4. The van der Waals surface area contributed by atoms with Crippen LogP contribution in [-0.4, -0.2) is 28.6 Å². The Morgan fingerprint density at radius 3 is 2.47 bits per heavy atom. The number of imidazole rings is 1. The molecule has 0 unspecified atom stereocenters. The Balaban J connectivity index is 2.61. The maximum Gasteiger partial charge on any atom is 0.237 e. The van der Waals surface area contributed by atoms with Gasteiger partial charge in [-0.15, -0.1) is 0 Å². The SMILES string of the molecule is CS(=O)(=O)n1ccnc1-c1ccncc1. The molecule has 2 heterocycles. The van der Waals surface area contributed by atoms with Gasteiger partial charge >= 0.3 is 0 Å². The molecule has 0 aromatic carbocycles. The van der Waals surface area contributed by atoms with Crippen LogP contribution in [0.4, 0.5) is 0 Å². The molecule has 5 nitrogen and oxygen atoms in total. The number of hydrogen-bond donors (Lipinski definition) is 0. The van der Waals surface area contributed by atoms with Crippen LogP contribution in [0, 0.1) is 0 Å². The summed E-state index contributed by atoms with van der Waals surface area (Å²) >= 11 is 0. The van der Waals surface area contributed by atoms with Crippen molar-refractivity contribution in [1.82, 2.24) is 13.9 Å². The second kappa shape index (κ2) is 3.47. The van der Waals surface area contributed by atoms with Crippen molar-refractivity contribution in [2.45, 2.75) is 0 Å². The molecule has 0 amide bonds. The smallest absolute Gasteiger partial charge is 0.237 e. The van der Waals surface area contributed by atoms with Gasteiger partial charge in [0.2, 0.25) is 10.0 Å². The van der Waals surface area contributed by atoms with Gasteiger partial charge in [0.05, 0.1) is 6.26 Å². The molecule has 0 atom stereocenters. The van der Waals surface area contributed by atoms with E-state index < -0.39 is 10.0 Å². The number of pyridine rings is 1. The van der Waals surface area contributed by atoms with E-state index in [0.29, 0.717) is 5.82 Å². The molecule has 0 fully saturated rings. The third-order valence-corrected chi connectivity index (χ3v) is 2.91. The molecule has 2 aromatic rings. The van der Waals surface area contributed by atoms with Crippen molar-refractivity contribution >= 4 is 10.0 Å². The highest BCUT2D eigenvalue weighted by Gasteiger charge is 2.12. The maximum absolute atomic E-state index is 11.4. The van der Waals surface area contributed by atoms with Crippen molar-refractivity contribution in [2.75, 3.05) is 6.26 Å². The van der Waals surface area contributed by atoms with Crippen LogP contribution in [0.3, 0.4) is 0 Å². The van der Waals surface area contributed by atoms with Gasteiger partial charge in [0.25, 0.3) is 0 Å². The third-order valence-electron chi connectivity index (χ3n) is 1.90. The summed E-state index contributed by atoms with van der Waals surface area (Å²) in [5.41, 5.74) is 0.723. The first-order valence-electron chi connectivity index (χ1n) is 4.23. The van der Waals surface area contributed by atoms with E-state index in [0.717, 1.165) is 15.8 Å². The normalized spacial score (nSPS) is 11.5. The predicted octanol–water partition coefficient (Wildman–Crippen LogP) is 0.753. The van der Waals surface area contributed by atoms with E-state index in [1.807, 2.05) is 0 Å². The second-order valence-electron chi connectivity index (χ2n) is 3.05. The molecule has 0 bridgehead atoms. The average molecular weight is 223 g/mol. The highest BCUT2D eigenvalue weighted by Crippen LogP contribution is 2.17. The lowest BCUT2D eigenvalue weighted by Crippen LogP contribution is -2.10. The number of nitrogens with zero attached hydrogens (tertiary/aromatic N) is 3. The van der Waals surface area contributed by atoms with E-state index in [9.17, 15) is 8.42 Å². The second-order valence-corrected chi connectivity index (χ2v) is 4.90. The quantitative estimate of drug-likeness (QED) is 0.753. The summed E-state index contributed by atoms with van der Waals surface area (Å²) in [7, 11) is -3.30. The lowest BCUT2D eigenvalue weighted by Gasteiger charge is -2.04. The fourth-order valence-corrected chi connectivity index (χ4v) is 2.00. The van der Waals surface area contributed by atoms with Gasteiger partial charge in [0.1, 0.15) is 0 Å². The molecule has 0 radical (unpaired) electrons. The van der Waals surface area contributed by atoms with E-state index in [1.165, 1.54) is 12.4 Å². The minimum absolute atomic E-state index is 0.403. The topological polar surface area (TPSA) is 64.8 Å². The van der Waals surface area contributed by atoms with Crippen molar-refractivity contribution in [3.63, 3.8) is 0 Å². The Labute approximate surface area is 87.5 Å². The van der Waals surface area contributed by atoms with Crippen molar-refractivity contribution in [1.29, 1.82) is 0 Å². The molecule has 0 aliphatic carbocycles. The Hall–Kier alpha value is -1.69. The largest absolute Gasteiger partial charge is 0.265 e. The van der Waals surface area contributed by atoms with E-state index >= 15 is 0 Å². The van der Waals surface area contributed by atoms with Crippen molar-refractivity contribution in [3.8, 4) is 11.4 Å². The molecule has 0 aliphatic heterocycles. The molecule has 0 aliphatic rings. The Morgan fingerprint density at radius 1 is 1.20 bits per heavy atom. The minimum atomic E-state index is -3.30. The lowest BCUT2D eigenvalue weighted by molar-refractivity contribution is 0.594. The van der Waals surface area contributed by atoms with E-state index in [-0.39, 0.29) is 0 Å². The van der Waals surface area contributed by atoms with Crippen molar-refractivity contribution < 1.29 is 8.42 Å². The van der Waals surface area contributed by atoms with E-state index in [1.54, 1.807) is 24.5 Å². The first-order valence-corrected chi connectivity index (χ1v) is 6.08. The molecule has 78 valence electrons. The highest BCUT2D eigenvalue weighted by atomic mass is 32.2. The summed E-state index contributed by atoms with van der Waals surface area (Å²) in [6.07, 6.45) is 7.20. The van der Waals surface area contributed by atoms with Crippen LogP contribution in [0.1, 0.15) is 0 Å². The first kappa shape index (κ1) is 9.85. The van der Waals surface area contributed by atoms with Crippen LogP contribution < -0.4 is 0 Å². The van der Waals surface area contributed by atoms with Gasteiger partial charge < -0.3 is 0 Å². The maximum atomic E-state index is 11.4. The fourth-order valence-electron chi connectivity index (χ4n) is 1.26. The average Bonchev–Trinajstić information content (AvgIpc) is 2.67. The monoisotopic (exact) mass is 223 g/mol. The summed E-state index contributed by atoms with van der Waals surface area (Å²) in [5.74, 6) is 0.403. The summed E-state index contributed by atoms with van der Waals surface area (Å²) < 4.78 is 23.9. The summed E-state index contributed by atoms with van der Waals surface area (Å²) in [6, 6.07) is 3.42. The summed E-state index contributed by atoms with van der Waals surface area (Å²) in [5, 5.41) is 0. The molecule has 2 rings (SSSR count). The van der Waals surface area contributed by atoms with Gasteiger partial charge in [0, 0.05) is 30.4 Å². The number of rotatable bonds is 2. The summed E-state index contributed by atoms with van der Waals surface area (Å²) in [6.45, 7) is 0. The molecule has 0 saturated heterocycles. The Bertz CT molecular complexity index is 560. The van der Waals surface area contributed by atoms with Crippen molar-refractivity contribution in [2.24, 2.45) is 0 Å². The van der Waals surface area contributed by atoms with Crippen molar-refractivity contribution in [3.05, 3.63) is 36.9 Å². The minimum Gasteiger partial charge on any atom is -0.265 e. The van der Waals surface area contributed by atoms with Gasteiger partial charge in [-0.3, -0.25) is 4.98 Å². The zero-order valence-corrected chi connectivity index (χ0v) is 8.85. The lowest BCUT2D eigenvalue weighted by atomic mass is 10.3. The predicted molar refractivity (Wildman–Crippen MR) is 55.7 cm³/mol. The molecule has 0 spiro atoms. The summed E-state index contributed by atoms with van der Waals surface area (Å²) in [4.78, 5) is 7.87. The van der Waals surface area contributed by atoms with Gasteiger partial charge in [0.15, 0.2) is 5.82 Å². The zero-order chi connectivity index (χ0) is 10.9. The highest BCUT2D eigenvalue weighted by molar-refractivity contribution is 7.89. The third kappa shape index (κ3) is 1.89. The molecular formula is C9H9N3O2S. The van der Waals surface area contributed by atoms with Crippen LogP contribution in [-0.2, 0) is 10.0 Å². The van der Waals surface area contributed by atoms with Gasteiger partial charge in [-0.05, 0) is 12.1 Å². The first-order chi connectivity index (χ1) is 7.09. The fraction of sp³-hybridized carbons (Fsp3) is 0.111. The molecule has 6 heteroatoms. The number of aromatic nitrogens is 3. The van der Waals surface area contributed by atoms with Crippen LogP contribution in [0.25, 0.3) is 11.4 Å². The molecule has 0 saturated carbocycles. The van der Waals surface area contributed by atoms with E-state index in [2.05, 4.69) is 9.97 Å². The molecule has 0 N–H and O–H groups in total. The van der Waals surface area contributed by atoms with Crippen LogP contribution in [0.15, 0.2) is 36.9 Å². The Kier molecular flexibility index (Phi) is 2.28. The molecule has 2 aromatic heterocycles. The Morgan fingerprint density at radius 2 is 1.87 bits per heavy atom. The standard InChI is InChI=1S/C9H9N3O2S/c1-15(13,14)12-7-6-11-9(12)8-2-4-10-5-3-8/h2-7H,1H3. The van der Waals surface area contributed by atoms with Crippen LogP contribution in [0.2, 0.25) is 0 Å². The van der Waals surface area contributed by atoms with Gasteiger partial charge in [-0.25, -0.2) is 17.4 Å². The van der Waals surface area contributed by atoms with Gasteiger partial charge in [-0.1, -0.05) is 0 Å². The van der Waals surface area contributed by atoms with Crippen LogP contribution >= 0.6 is 0 Å². The van der Waals surface area contributed by atoms with Crippen LogP contribution in [0.5, 0.6) is 0 Å².